The number of hydrogen-bond acceptors (Lipinski definition) is 6. The van der Waals surface area contributed by atoms with Crippen LogP contribution in [0.1, 0.15) is 0 Å². The Bertz CT molecular complexity index is 876. The summed E-state index contributed by atoms with van der Waals surface area (Å²) in [5, 5.41) is 11.5. The molecule has 7 nitrogen and oxygen atoms in total. The van der Waals surface area contributed by atoms with Gasteiger partial charge in [0.2, 0.25) is 0 Å². The molecule has 0 saturated heterocycles. The van der Waals surface area contributed by atoms with Crippen molar-refractivity contribution in [3.63, 3.8) is 0 Å². The first-order valence-electron chi connectivity index (χ1n) is 4.78. The maximum absolute atomic E-state index is 11.6. The molecule has 0 aliphatic carbocycles. The summed E-state index contributed by atoms with van der Waals surface area (Å²) in [4.78, 5) is -2.64. The monoisotopic (exact) mass is 348 g/mol. The summed E-state index contributed by atoms with van der Waals surface area (Å²) in [5.74, 6) is -1.25. The molecule has 0 aliphatic heterocycles. The zero-order valence-electron chi connectivity index (χ0n) is 11.1. The van der Waals surface area contributed by atoms with Crippen LogP contribution in [-0.2, 0) is 20.2 Å². The van der Waals surface area contributed by atoms with Crippen molar-refractivity contribution >= 4 is 31.0 Å². The molecular weight excluding hydrogens is 342 g/mol. The van der Waals surface area contributed by atoms with Crippen molar-refractivity contribution in [1.82, 2.24) is 0 Å². The number of hydrogen-bond donors (Lipinski definition) is 1. The van der Waals surface area contributed by atoms with Crippen molar-refractivity contribution < 1.29 is 90.2 Å². The summed E-state index contributed by atoms with van der Waals surface area (Å²) in [7, 11) is -10.4. The zero-order chi connectivity index (χ0) is 14.4. The van der Waals surface area contributed by atoms with Gasteiger partial charge in [-0.1, -0.05) is 36.1 Å². The molecule has 0 fully saturated rings. The van der Waals surface area contributed by atoms with E-state index in [0.29, 0.717) is 0 Å². The average Bonchev–Trinajstić information content (AvgIpc) is 2.24. The van der Waals surface area contributed by atoms with Crippen molar-refractivity contribution in [2.45, 2.75) is 9.79 Å². The van der Waals surface area contributed by atoms with E-state index in [9.17, 15) is 26.5 Å². The minimum absolute atomic E-state index is 0. The second kappa shape index (κ2) is 7.26. The van der Waals surface area contributed by atoms with Gasteiger partial charge in [-0.2, -0.15) is 8.42 Å². The maximum atomic E-state index is 11.6. The molecule has 0 radical (unpaired) electrons. The Morgan fingerprint density at radius 1 is 0.952 bits per heavy atom. The number of rotatable bonds is 2. The number of benzene rings is 2. The van der Waals surface area contributed by atoms with Gasteiger partial charge in [-0.25, -0.2) is 8.42 Å². The summed E-state index contributed by atoms with van der Waals surface area (Å²) in [6.45, 7) is 0. The normalized spacial score (nSPS) is 11.5. The van der Waals surface area contributed by atoms with Gasteiger partial charge in [0.05, 0.1) is 4.90 Å². The summed E-state index contributed by atoms with van der Waals surface area (Å²) < 4.78 is 64.8. The van der Waals surface area contributed by atoms with Crippen LogP contribution in [0.25, 0.3) is 10.8 Å². The van der Waals surface area contributed by atoms with E-state index in [-0.39, 0.29) is 69.9 Å². The molecule has 0 unspecified atom stereocenters. The maximum Gasteiger partial charge on any atom is 1.00 e. The minimum Gasteiger partial charge on any atom is -0.871 e. The van der Waals surface area contributed by atoms with Gasteiger partial charge in [0, 0.05) is 5.39 Å². The molecule has 0 atom stereocenters. The van der Waals surface area contributed by atoms with Crippen LogP contribution in [0.5, 0.6) is 5.75 Å². The molecule has 2 rings (SSSR count). The van der Waals surface area contributed by atoms with Crippen molar-refractivity contribution in [3.05, 3.63) is 30.3 Å². The number of fused-ring (bicyclic) bond motifs is 1. The fourth-order valence-corrected chi connectivity index (χ4v) is 3.83. The van der Waals surface area contributed by atoms with E-state index >= 15 is 0 Å². The van der Waals surface area contributed by atoms with Crippen LogP contribution in [0.3, 0.4) is 0 Å². The van der Waals surface area contributed by atoms with E-state index in [1.807, 2.05) is 0 Å². The fourth-order valence-electron chi connectivity index (χ4n) is 1.76. The molecule has 0 heterocycles. The van der Waals surface area contributed by atoms with E-state index < -0.39 is 35.8 Å². The SMILES string of the molecule is O=S(=O)([O-])c1c(S(=O)(=O)O)c([O-])cc2ccccc12.[Na+].[Na+]. The molecule has 0 aliphatic rings. The molecule has 0 spiro atoms. The second-order valence-electron chi connectivity index (χ2n) is 3.68. The van der Waals surface area contributed by atoms with Crippen LogP contribution in [0, 0.1) is 0 Å². The molecule has 2 aromatic carbocycles. The molecule has 0 bridgehead atoms. The molecule has 0 aromatic heterocycles. The van der Waals surface area contributed by atoms with E-state index in [4.69, 9.17) is 4.55 Å². The third kappa shape index (κ3) is 4.41. The topological polar surface area (TPSA) is 135 Å². The van der Waals surface area contributed by atoms with Crippen LogP contribution in [0.4, 0.5) is 0 Å². The smallest absolute Gasteiger partial charge is 0.871 e. The minimum atomic E-state index is -5.25. The van der Waals surface area contributed by atoms with E-state index in [1.165, 1.54) is 24.3 Å². The molecule has 1 N–H and O–H groups in total. The molecule has 0 amide bonds. The van der Waals surface area contributed by atoms with Gasteiger partial charge in [-0.3, -0.25) is 4.55 Å². The standard InChI is InChI=1S/C10H8O7S2.2Na/c11-8-5-6-3-1-2-4-7(6)9(18(12,13)14)10(8)19(15,16)17;;/h1-5,11H,(H,12,13,14)(H,15,16,17);;/q;2*+1/p-2. The van der Waals surface area contributed by atoms with Gasteiger partial charge in [0.15, 0.2) is 0 Å². The van der Waals surface area contributed by atoms with Crippen LogP contribution < -0.4 is 64.2 Å². The van der Waals surface area contributed by atoms with E-state index in [1.54, 1.807) is 0 Å². The third-order valence-electron chi connectivity index (χ3n) is 2.43. The second-order valence-corrected chi connectivity index (χ2v) is 6.36. The van der Waals surface area contributed by atoms with Crippen LogP contribution in [0.2, 0.25) is 0 Å². The molecule has 0 saturated carbocycles. The first-order chi connectivity index (χ1) is 8.62. The molecule has 11 heteroatoms. The Labute approximate surface area is 165 Å². The molecule has 21 heavy (non-hydrogen) atoms. The Morgan fingerprint density at radius 2 is 1.48 bits per heavy atom. The summed E-state index contributed by atoms with van der Waals surface area (Å²) >= 11 is 0. The Balaban J connectivity index is 0.00000200. The summed E-state index contributed by atoms with van der Waals surface area (Å²) in [6, 6.07) is 6.21. The summed E-state index contributed by atoms with van der Waals surface area (Å²) in [5.41, 5.74) is 0. The first-order valence-corrected chi connectivity index (χ1v) is 7.63. The van der Waals surface area contributed by atoms with Gasteiger partial charge in [-0.15, -0.1) is 0 Å². The van der Waals surface area contributed by atoms with Crippen molar-refractivity contribution in [1.29, 1.82) is 0 Å². The van der Waals surface area contributed by atoms with E-state index in [2.05, 4.69) is 0 Å². The first kappa shape index (κ1) is 21.3. The van der Waals surface area contributed by atoms with Crippen molar-refractivity contribution in [3.8, 4) is 5.75 Å². The zero-order valence-corrected chi connectivity index (χ0v) is 16.7. The largest absolute Gasteiger partial charge is 1.00 e. The van der Waals surface area contributed by atoms with Gasteiger partial charge in [-0.05, 0) is 5.39 Å². The Morgan fingerprint density at radius 3 is 1.95 bits per heavy atom. The van der Waals surface area contributed by atoms with Gasteiger partial charge in [0.1, 0.15) is 15.0 Å². The quantitative estimate of drug-likeness (QED) is 0.422. The van der Waals surface area contributed by atoms with Gasteiger partial charge in [0.25, 0.3) is 10.1 Å². The predicted octanol–water partition coefficient (Wildman–Crippen LogP) is -5.93. The molecule has 102 valence electrons. The average molecular weight is 348 g/mol. The third-order valence-corrected chi connectivity index (χ3v) is 4.40. The fraction of sp³-hybridized carbons (Fsp3) is 0. The Hall–Kier alpha value is 0.320. The molecule has 2 aromatic rings. The summed E-state index contributed by atoms with van der Waals surface area (Å²) in [6.07, 6.45) is 0. The van der Waals surface area contributed by atoms with E-state index in [0.717, 1.165) is 6.07 Å². The van der Waals surface area contributed by atoms with Gasteiger partial charge < -0.3 is 9.66 Å². The van der Waals surface area contributed by atoms with Gasteiger partial charge >= 0.3 is 59.1 Å². The van der Waals surface area contributed by atoms with Crippen molar-refractivity contribution in [2.75, 3.05) is 0 Å². The van der Waals surface area contributed by atoms with Crippen molar-refractivity contribution in [2.24, 2.45) is 0 Å². The van der Waals surface area contributed by atoms with Crippen LogP contribution in [-0.4, -0.2) is 25.9 Å². The Kier molecular flexibility index (Phi) is 7.37. The predicted molar refractivity (Wildman–Crippen MR) is 61.2 cm³/mol. The molecular formula is C10H6Na2O7S2. The van der Waals surface area contributed by atoms with Crippen LogP contribution >= 0.6 is 0 Å². The van der Waals surface area contributed by atoms with Crippen LogP contribution in [0.15, 0.2) is 40.1 Å².